The molecule has 0 N–H and O–H groups in total. The molecule has 0 amide bonds. The van der Waals surface area contributed by atoms with Gasteiger partial charge in [-0.15, -0.1) is 0 Å². The largest absolute Gasteiger partial charge is 0.281 e. The fraction of sp³-hybridized carbons (Fsp3) is 0.562. The van der Waals surface area contributed by atoms with Crippen LogP contribution in [0.1, 0.15) is 19.0 Å². The van der Waals surface area contributed by atoms with Crippen LogP contribution in [-0.4, -0.2) is 64.0 Å². The standard InChI is InChI=1S/C16H24N6O2S/c1-4-21-12-14(10-19-21)16-15(17-6-7-18-16)9-13-5-8-22(11-13)25(23,24)20(2)3/h6-7,10,12-13H,4-5,8-9,11H2,1-3H3. The van der Waals surface area contributed by atoms with Crippen molar-refractivity contribution in [1.29, 1.82) is 0 Å². The summed E-state index contributed by atoms with van der Waals surface area (Å²) in [5.41, 5.74) is 2.67. The van der Waals surface area contributed by atoms with Crippen LogP contribution in [-0.2, 0) is 23.2 Å². The van der Waals surface area contributed by atoms with Gasteiger partial charge < -0.3 is 0 Å². The van der Waals surface area contributed by atoms with E-state index in [1.165, 1.54) is 4.31 Å². The van der Waals surface area contributed by atoms with E-state index in [9.17, 15) is 8.42 Å². The van der Waals surface area contributed by atoms with E-state index in [1.54, 1.807) is 37.0 Å². The zero-order chi connectivity index (χ0) is 18.0. The van der Waals surface area contributed by atoms with Crippen LogP contribution in [0.5, 0.6) is 0 Å². The molecule has 1 unspecified atom stereocenters. The van der Waals surface area contributed by atoms with Crippen LogP contribution in [0.3, 0.4) is 0 Å². The minimum Gasteiger partial charge on any atom is -0.272 e. The Kier molecular flexibility index (Phi) is 5.16. The van der Waals surface area contributed by atoms with Crippen molar-refractivity contribution < 1.29 is 8.42 Å². The molecule has 0 aliphatic carbocycles. The van der Waals surface area contributed by atoms with Crippen molar-refractivity contribution in [3.8, 4) is 11.3 Å². The Balaban J connectivity index is 1.76. The third-order valence-corrected chi connectivity index (χ3v) is 6.43. The summed E-state index contributed by atoms with van der Waals surface area (Å²) >= 11 is 0. The van der Waals surface area contributed by atoms with Gasteiger partial charge in [0.2, 0.25) is 0 Å². The fourth-order valence-corrected chi connectivity index (χ4v) is 4.29. The normalized spacial score (nSPS) is 19.0. The van der Waals surface area contributed by atoms with Crippen LogP contribution in [0.2, 0.25) is 0 Å². The van der Waals surface area contributed by atoms with E-state index in [0.29, 0.717) is 19.5 Å². The molecule has 0 radical (unpaired) electrons. The van der Waals surface area contributed by atoms with Crippen molar-refractivity contribution in [1.82, 2.24) is 28.4 Å². The van der Waals surface area contributed by atoms with Crippen LogP contribution < -0.4 is 0 Å². The smallest absolute Gasteiger partial charge is 0.272 e. The van der Waals surface area contributed by atoms with Gasteiger partial charge in [0.25, 0.3) is 10.2 Å². The maximum Gasteiger partial charge on any atom is 0.281 e. The van der Waals surface area contributed by atoms with E-state index in [-0.39, 0.29) is 5.92 Å². The van der Waals surface area contributed by atoms with E-state index in [2.05, 4.69) is 15.1 Å². The lowest BCUT2D eigenvalue weighted by molar-refractivity contribution is 0.409. The molecule has 0 bridgehead atoms. The molecule has 0 spiro atoms. The number of nitrogens with zero attached hydrogens (tertiary/aromatic N) is 6. The zero-order valence-electron chi connectivity index (χ0n) is 14.8. The topological polar surface area (TPSA) is 84.2 Å². The van der Waals surface area contributed by atoms with Crippen molar-refractivity contribution in [3.63, 3.8) is 0 Å². The third-order valence-electron chi connectivity index (χ3n) is 4.52. The summed E-state index contributed by atoms with van der Waals surface area (Å²) in [5, 5.41) is 4.30. The molecule has 2 aromatic heterocycles. The van der Waals surface area contributed by atoms with Gasteiger partial charge in [-0.3, -0.25) is 14.6 Å². The summed E-state index contributed by atoms with van der Waals surface area (Å²) in [6.45, 7) is 3.90. The second-order valence-corrected chi connectivity index (χ2v) is 8.59. The molecule has 3 rings (SSSR count). The average molecular weight is 364 g/mol. The minimum atomic E-state index is -3.35. The van der Waals surface area contributed by atoms with Gasteiger partial charge in [0, 0.05) is 57.9 Å². The number of hydrogen-bond donors (Lipinski definition) is 0. The summed E-state index contributed by atoms with van der Waals surface area (Å²) in [4.78, 5) is 8.98. The molecular formula is C16H24N6O2S. The summed E-state index contributed by atoms with van der Waals surface area (Å²) in [5.74, 6) is 0.242. The highest BCUT2D eigenvalue weighted by atomic mass is 32.2. The van der Waals surface area contributed by atoms with Crippen molar-refractivity contribution in [3.05, 3.63) is 30.5 Å². The first-order chi connectivity index (χ1) is 11.9. The fourth-order valence-electron chi connectivity index (χ4n) is 3.09. The van der Waals surface area contributed by atoms with Crippen molar-refractivity contribution >= 4 is 10.2 Å². The van der Waals surface area contributed by atoms with E-state index in [0.717, 1.165) is 29.9 Å². The molecule has 3 heterocycles. The molecule has 1 aliphatic heterocycles. The molecule has 0 saturated carbocycles. The Labute approximate surface area is 148 Å². The van der Waals surface area contributed by atoms with E-state index in [4.69, 9.17) is 0 Å². The molecular weight excluding hydrogens is 340 g/mol. The summed E-state index contributed by atoms with van der Waals surface area (Å²) in [7, 11) is -0.218. The maximum atomic E-state index is 12.3. The quantitative estimate of drug-likeness (QED) is 0.764. The maximum absolute atomic E-state index is 12.3. The third kappa shape index (κ3) is 3.73. The Hall–Kier alpha value is -1.84. The van der Waals surface area contributed by atoms with Gasteiger partial charge in [-0.05, 0) is 25.7 Å². The highest BCUT2D eigenvalue weighted by Crippen LogP contribution is 2.27. The lowest BCUT2D eigenvalue weighted by Crippen LogP contribution is -2.38. The predicted molar refractivity (Wildman–Crippen MR) is 94.9 cm³/mol. The molecule has 8 nitrogen and oxygen atoms in total. The van der Waals surface area contributed by atoms with Crippen molar-refractivity contribution in [2.75, 3.05) is 27.2 Å². The molecule has 2 aromatic rings. The summed E-state index contributed by atoms with van der Waals surface area (Å²) < 4.78 is 29.2. The molecule has 1 atom stereocenters. The first-order valence-corrected chi connectivity index (χ1v) is 9.81. The van der Waals surface area contributed by atoms with Crippen LogP contribution in [0.4, 0.5) is 0 Å². The van der Waals surface area contributed by atoms with Crippen LogP contribution >= 0.6 is 0 Å². The number of hydrogen-bond acceptors (Lipinski definition) is 5. The van der Waals surface area contributed by atoms with E-state index < -0.39 is 10.2 Å². The lowest BCUT2D eigenvalue weighted by atomic mass is 10.00. The van der Waals surface area contributed by atoms with E-state index in [1.807, 2.05) is 17.8 Å². The first kappa shape index (κ1) is 18.0. The molecule has 136 valence electrons. The minimum absolute atomic E-state index is 0.242. The monoisotopic (exact) mass is 364 g/mol. The Morgan fingerprint density at radius 3 is 2.72 bits per heavy atom. The van der Waals surface area contributed by atoms with Gasteiger partial charge in [-0.25, -0.2) is 0 Å². The molecule has 25 heavy (non-hydrogen) atoms. The molecule has 1 fully saturated rings. The van der Waals surface area contributed by atoms with Gasteiger partial charge >= 0.3 is 0 Å². The van der Waals surface area contributed by atoms with Crippen LogP contribution in [0.25, 0.3) is 11.3 Å². The average Bonchev–Trinajstić information content (AvgIpc) is 3.24. The Morgan fingerprint density at radius 2 is 2.04 bits per heavy atom. The van der Waals surface area contributed by atoms with Crippen LogP contribution in [0, 0.1) is 5.92 Å². The SMILES string of the molecule is CCn1cc(-c2nccnc2CC2CCN(S(=O)(=O)N(C)C)C2)cn1. The Morgan fingerprint density at radius 1 is 1.28 bits per heavy atom. The second-order valence-electron chi connectivity index (χ2n) is 6.44. The van der Waals surface area contributed by atoms with Crippen molar-refractivity contribution in [2.24, 2.45) is 5.92 Å². The molecule has 1 saturated heterocycles. The van der Waals surface area contributed by atoms with Gasteiger partial charge in [-0.2, -0.15) is 22.1 Å². The zero-order valence-corrected chi connectivity index (χ0v) is 15.6. The highest BCUT2D eigenvalue weighted by molar-refractivity contribution is 7.86. The number of aryl methyl sites for hydroxylation is 1. The van der Waals surface area contributed by atoms with Gasteiger partial charge in [0.15, 0.2) is 0 Å². The number of rotatable bonds is 6. The second kappa shape index (κ2) is 7.19. The highest BCUT2D eigenvalue weighted by Gasteiger charge is 2.33. The van der Waals surface area contributed by atoms with Gasteiger partial charge in [-0.1, -0.05) is 0 Å². The summed E-state index contributed by atoms with van der Waals surface area (Å²) in [6, 6.07) is 0. The molecule has 1 aliphatic rings. The number of aromatic nitrogens is 4. The van der Waals surface area contributed by atoms with Crippen molar-refractivity contribution in [2.45, 2.75) is 26.3 Å². The van der Waals surface area contributed by atoms with Crippen LogP contribution in [0.15, 0.2) is 24.8 Å². The molecule has 0 aromatic carbocycles. The van der Waals surface area contributed by atoms with Gasteiger partial charge in [0.1, 0.15) is 0 Å². The lowest BCUT2D eigenvalue weighted by Gasteiger charge is -2.20. The predicted octanol–water partition coefficient (Wildman–Crippen LogP) is 1.03. The van der Waals surface area contributed by atoms with E-state index >= 15 is 0 Å². The summed E-state index contributed by atoms with van der Waals surface area (Å²) in [6.07, 6.45) is 8.67. The first-order valence-electron chi connectivity index (χ1n) is 8.42. The Bertz CT molecular complexity index is 833. The van der Waals surface area contributed by atoms with Gasteiger partial charge in [0.05, 0.1) is 17.6 Å². The molecule has 9 heteroatoms.